The first-order valence-corrected chi connectivity index (χ1v) is 9.87. The van der Waals surface area contributed by atoms with Gasteiger partial charge in [-0.2, -0.15) is 0 Å². The minimum atomic E-state index is 0.0667. The Balaban J connectivity index is 1.28. The minimum Gasteiger partial charge on any atom is -0.486 e. The standard InChI is InChI=1S/C21H22ClN3O2/c22-15-7-8-19-18(10-15)23-14-25(19)16-4-3-9-24(11-16)12-17-13-26-20-5-1-2-6-21(20)27-17/h1-2,5-8,10,14,16-17H,3-4,9,11-13H2. The lowest BCUT2D eigenvalue weighted by atomic mass is 10.0. The molecular weight excluding hydrogens is 362 g/mol. The van der Waals surface area contributed by atoms with Crippen LogP contribution in [0.25, 0.3) is 11.0 Å². The molecule has 1 fully saturated rings. The zero-order chi connectivity index (χ0) is 18.2. The molecular formula is C21H22ClN3O2. The van der Waals surface area contributed by atoms with Gasteiger partial charge in [-0.3, -0.25) is 4.90 Å². The van der Waals surface area contributed by atoms with Gasteiger partial charge in [0.1, 0.15) is 12.7 Å². The van der Waals surface area contributed by atoms with Gasteiger partial charge in [0.2, 0.25) is 0 Å². The van der Waals surface area contributed by atoms with E-state index in [1.54, 1.807) is 0 Å². The van der Waals surface area contributed by atoms with Gasteiger partial charge in [-0.15, -0.1) is 0 Å². The average molecular weight is 384 g/mol. The van der Waals surface area contributed by atoms with Crippen molar-refractivity contribution in [2.75, 3.05) is 26.2 Å². The van der Waals surface area contributed by atoms with Crippen molar-refractivity contribution in [3.63, 3.8) is 0 Å². The maximum atomic E-state index is 6.14. The predicted molar refractivity (Wildman–Crippen MR) is 106 cm³/mol. The molecule has 140 valence electrons. The average Bonchev–Trinajstić information content (AvgIpc) is 3.11. The van der Waals surface area contributed by atoms with Crippen LogP contribution in [0.3, 0.4) is 0 Å². The van der Waals surface area contributed by atoms with E-state index in [9.17, 15) is 0 Å². The topological polar surface area (TPSA) is 39.5 Å². The van der Waals surface area contributed by atoms with Gasteiger partial charge in [-0.25, -0.2) is 4.98 Å². The molecule has 5 rings (SSSR count). The molecule has 3 heterocycles. The van der Waals surface area contributed by atoms with E-state index in [4.69, 9.17) is 21.1 Å². The normalized spacial score (nSPS) is 22.9. The molecule has 1 saturated heterocycles. The number of fused-ring (bicyclic) bond motifs is 2. The van der Waals surface area contributed by atoms with Crippen molar-refractivity contribution in [2.45, 2.75) is 25.0 Å². The van der Waals surface area contributed by atoms with E-state index in [1.807, 2.05) is 42.7 Å². The Kier molecular flexibility index (Phi) is 4.42. The molecule has 0 bridgehead atoms. The highest BCUT2D eigenvalue weighted by Crippen LogP contribution is 2.32. The van der Waals surface area contributed by atoms with Crippen LogP contribution in [0.4, 0.5) is 0 Å². The van der Waals surface area contributed by atoms with Crippen LogP contribution in [-0.2, 0) is 0 Å². The molecule has 2 unspecified atom stereocenters. The van der Waals surface area contributed by atoms with Crippen molar-refractivity contribution in [3.05, 3.63) is 53.8 Å². The Morgan fingerprint density at radius 2 is 2.04 bits per heavy atom. The summed E-state index contributed by atoms with van der Waals surface area (Å²) in [7, 11) is 0. The fourth-order valence-corrected chi connectivity index (χ4v) is 4.33. The number of nitrogens with zero attached hydrogens (tertiary/aromatic N) is 3. The molecule has 0 spiro atoms. The molecule has 6 heteroatoms. The zero-order valence-corrected chi connectivity index (χ0v) is 15.8. The molecule has 0 amide bonds. The number of benzene rings is 2. The second-order valence-corrected chi connectivity index (χ2v) is 7.77. The number of hydrogen-bond donors (Lipinski definition) is 0. The van der Waals surface area contributed by atoms with E-state index in [2.05, 4.69) is 20.5 Å². The summed E-state index contributed by atoms with van der Waals surface area (Å²) in [6, 6.07) is 14.2. The molecule has 0 radical (unpaired) electrons. The second kappa shape index (κ2) is 7.06. The van der Waals surface area contributed by atoms with E-state index in [0.29, 0.717) is 12.6 Å². The third-order valence-corrected chi connectivity index (χ3v) is 5.68. The minimum absolute atomic E-state index is 0.0667. The molecule has 27 heavy (non-hydrogen) atoms. The van der Waals surface area contributed by atoms with E-state index < -0.39 is 0 Å². The van der Waals surface area contributed by atoms with Crippen LogP contribution >= 0.6 is 11.6 Å². The third-order valence-electron chi connectivity index (χ3n) is 5.44. The van der Waals surface area contributed by atoms with Gasteiger partial charge in [0.05, 0.1) is 17.4 Å². The van der Waals surface area contributed by atoms with Crippen molar-refractivity contribution in [1.29, 1.82) is 0 Å². The first-order valence-electron chi connectivity index (χ1n) is 9.49. The van der Waals surface area contributed by atoms with Crippen molar-refractivity contribution in [2.24, 2.45) is 0 Å². The van der Waals surface area contributed by atoms with Crippen LogP contribution in [0.15, 0.2) is 48.8 Å². The first kappa shape index (κ1) is 16.9. The summed E-state index contributed by atoms with van der Waals surface area (Å²) < 4.78 is 14.3. The Morgan fingerprint density at radius 3 is 2.96 bits per heavy atom. The van der Waals surface area contributed by atoms with E-state index in [1.165, 1.54) is 6.42 Å². The van der Waals surface area contributed by atoms with Crippen LogP contribution in [-0.4, -0.2) is 46.8 Å². The molecule has 0 saturated carbocycles. The van der Waals surface area contributed by atoms with Gasteiger partial charge >= 0.3 is 0 Å². The number of likely N-dealkylation sites (tertiary alicyclic amines) is 1. The number of halogens is 1. The summed E-state index contributed by atoms with van der Waals surface area (Å²) in [5.41, 5.74) is 2.11. The van der Waals surface area contributed by atoms with Crippen LogP contribution in [0.1, 0.15) is 18.9 Å². The summed E-state index contributed by atoms with van der Waals surface area (Å²) in [5.74, 6) is 1.69. The number of piperidine rings is 1. The van der Waals surface area contributed by atoms with Gasteiger partial charge in [-0.1, -0.05) is 23.7 Å². The van der Waals surface area contributed by atoms with Crippen molar-refractivity contribution in [3.8, 4) is 11.5 Å². The highest BCUT2D eigenvalue weighted by Gasteiger charge is 2.27. The number of ether oxygens (including phenoxy) is 2. The molecule has 0 aliphatic carbocycles. The molecule has 2 atom stereocenters. The van der Waals surface area contributed by atoms with Crippen molar-refractivity contribution >= 4 is 22.6 Å². The summed E-state index contributed by atoms with van der Waals surface area (Å²) in [6.07, 6.45) is 4.35. The molecule has 2 aliphatic heterocycles. The quantitative estimate of drug-likeness (QED) is 0.680. The summed E-state index contributed by atoms with van der Waals surface area (Å²) in [5, 5.41) is 0.729. The molecule has 2 aromatic carbocycles. The Hall–Kier alpha value is -2.24. The lowest BCUT2D eigenvalue weighted by molar-refractivity contribution is 0.0464. The van der Waals surface area contributed by atoms with Gasteiger partial charge in [0.25, 0.3) is 0 Å². The Morgan fingerprint density at radius 1 is 1.15 bits per heavy atom. The summed E-state index contributed by atoms with van der Waals surface area (Å²) >= 11 is 6.10. The van der Waals surface area contributed by atoms with Crippen molar-refractivity contribution < 1.29 is 9.47 Å². The lowest BCUT2D eigenvalue weighted by Gasteiger charge is -2.36. The summed E-state index contributed by atoms with van der Waals surface area (Å²) in [6.45, 7) is 3.57. The molecule has 3 aromatic rings. The molecule has 1 aromatic heterocycles. The number of rotatable bonds is 3. The van der Waals surface area contributed by atoms with Gasteiger partial charge < -0.3 is 14.0 Å². The smallest absolute Gasteiger partial charge is 0.161 e. The Labute approximate surface area is 163 Å². The SMILES string of the molecule is Clc1ccc2c(c1)ncn2C1CCCN(CC2COc3ccccc3O2)C1. The molecule has 5 nitrogen and oxygen atoms in total. The Bertz CT molecular complexity index is 958. The zero-order valence-electron chi connectivity index (χ0n) is 15.1. The van der Waals surface area contributed by atoms with E-state index >= 15 is 0 Å². The highest BCUT2D eigenvalue weighted by atomic mass is 35.5. The number of imidazole rings is 1. The van der Waals surface area contributed by atoms with E-state index in [0.717, 1.165) is 53.6 Å². The van der Waals surface area contributed by atoms with Crippen molar-refractivity contribution in [1.82, 2.24) is 14.5 Å². The fraction of sp³-hybridized carbons (Fsp3) is 0.381. The predicted octanol–water partition coefficient (Wildman–Crippen LogP) is 4.17. The number of para-hydroxylation sites is 2. The lowest BCUT2D eigenvalue weighted by Crippen LogP contribution is -2.45. The van der Waals surface area contributed by atoms with Crippen LogP contribution in [0.2, 0.25) is 5.02 Å². The van der Waals surface area contributed by atoms with Crippen LogP contribution < -0.4 is 9.47 Å². The fourth-order valence-electron chi connectivity index (χ4n) is 4.16. The monoisotopic (exact) mass is 383 g/mol. The highest BCUT2D eigenvalue weighted by molar-refractivity contribution is 6.31. The maximum absolute atomic E-state index is 6.14. The third kappa shape index (κ3) is 3.37. The van der Waals surface area contributed by atoms with Crippen LogP contribution in [0, 0.1) is 0 Å². The number of aromatic nitrogens is 2. The second-order valence-electron chi connectivity index (χ2n) is 7.34. The van der Waals surface area contributed by atoms with Gasteiger partial charge in [0.15, 0.2) is 11.5 Å². The van der Waals surface area contributed by atoms with Gasteiger partial charge in [0, 0.05) is 24.2 Å². The van der Waals surface area contributed by atoms with Gasteiger partial charge in [-0.05, 0) is 49.7 Å². The number of hydrogen-bond acceptors (Lipinski definition) is 4. The molecule has 0 N–H and O–H groups in total. The largest absolute Gasteiger partial charge is 0.486 e. The summed E-state index contributed by atoms with van der Waals surface area (Å²) in [4.78, 5) is 7.02. The van der Waals surface area contributed by atoms with Crippen LogP contribution in [0.5, 0.6) is 11.5 Å². The van der Waals surface area contributed by atoms with E-state index in [-0.39, 0.29) is 6.10 Å². The first-order chi connectivity index (χ1) is 13.3. The maximum Gasteiger partial charge on any atom is 0.161 e. The molecule has 2 aliphatic rings.